The Morgan fingerprint density at radius 1 is 1.25 bits per heavy atom. The van der Waals surface area contributed by atoms with Gasteiger partial charge >= 0.3 is 0 Å². The first-order chi connectivity index (χ1) is 9.58. The molecule has 0 unspecified atom stereocenters. The van der Waals surface area contributed by atoms with Crippen LogP contribution in [0, 0.1) is 0 Å². The van der Waals surface area contributed by atoms with Crippen molar-refractivity contribution in [1.29, 1.82) is 0 Å². The molecule has 0 aliphatic rings. The molecule has 0 atom stereocenters. The van der Waals surface area contributed by atoms with Gasteiger partial charge in [-0.05, 0) is 39.5 Å². The summed E-state index contributed by atoms with van der Waals surface area (Å²) in [6.07, 6.45) is 1.73. The molecule has 1 aromatic carbocycles. The van der Waals surface area contributed by atoms with E-state index in [0.29, 0.717) is 11.7 Å². The van der Waals surface area contributed by atoms with Crippen molar-refractivity contribution >= 4 is 33.5 Å². The fraction of sp³-hybridized carbons (Fsp3) is 0.250. The quantitative estimate of drug-likeness (QED) is 0.565. The molecule has 0 amide bonds. The van der Waals surface area contributed by atoms with Crippen LogP contribution in [0.5, 0.6) is 0 Å². The molecule has 0 aliphatic heterocycles. The van der Waals surface area contributed by atoms with E-state index in [4.69, 9.17) is 0 Å². The van der Waals surface area contributed by atoms with Crippen molar-refractivity contribution < 1.29 is 4.79 Å². The van der Waals surface area contributed by atoms with E-state index in [1.165, 1.54) is 17.3 Å². The first-order valence-corrected chi connectivity index (χ1v) is 8.22. The number of hydrogen-bond acceptors (Lipinski definition) is 3. The first-order valence-electron chi connectivity index (χ1n) is 6.44. The number of carbonyl (C=O) groups excluding carboxylic acids is 1. The maximum absolute atomic E-state index is 12.1. The highest BCUT2D eigenvalue weighted by Gasteiger charge is 2.09. The van der Waals surface area contributed by atoms with Crippen molar-refractivity contribution in [1.82, 2.24) is 4.98 Å². The van der Waals surface area contributed by atoms with E-state index in [9.17, 15) is 4.79 Å². The highest BCUT2D eigenvalue weighted by Crippen LogP contribution is 2.25. The molecule has 0 saturated heterocycles. The van der Waals surface area contributed by atoms with Gasteiger partial charge < -0.3 is 0 Å². The summed E-state index contributed by atoms with van der Waals surface area (Å²) in [6.45, 7) is 4.29. The van der Waals surface area contributed by atoms with Gasteiger partial charge in [0.05, 0.1) is 5.75 Å². The zero-order chi connectivity index (χ0) is 14.5. The minimum atomic E-state index is 0.128. The van der Waals surface area contributed by atoms with Gasteiger partial charge in [0.15, 0.2) is 5.78 Å². The van der Waals surface area contributed by atoms with Crippen LogP contribution in [0.1, 0.15) is 35.7 Å². The number of pyridine rings is 1. The van der Waals surface area contributed by atoms with Gasteiger partial charge in [0.2, 0.25) is 0 Å². The zero-order valence-corrected chi connectivity index (χ0v) is 13.9. The second-order valence-corrected chi connectivity index (χ2v) is 6.60. The monoisotopic (exact) mass is 349 g/mol. The predicted molar refractivity (Wildman–Crippen MR) is 87.5 cm³/mol. The summed E-state index contributed by atoms with van der Waals surface area (Å²) in [5.74, 6) is 1.01. The number of carbonyl (C=O) groups is 1. The molecule has 2 rings (SSSR count). The number of hydrogen-bond donors (Lipinski definition) is 0. The summed E-state index contributed by atoms with van der Waals surface area (Å²) in [5.41, 5.74) is 2.01. The highest BCUT2D eigenvalue weighted by molar-refractivity contribution is 9.10. The van der Waals surface area contributed by atoms with E-state index in [2.05, 4.69) is 34.8 Å². The van der Waals surface area contributed by atoms with Crippen LogP contribution >= 0.6 is 27.7 Å². The summed E-state index contributed by atoms with van der Waals surface area (Å²) >= 11 is 4.89. The molecule has 0 aliphatic carbocycles. The van der Waals surface area contributed by atoms with Crippen molar-refractivity contribution in [2.75, 3.05) is 5.75 Å². The molecule has 4 heteroatoms. The number of Topliss-reactive ketones (excluding diaryl/α,β-unsaturated/α-hetero) is 1. The predicted octanol–water partition coefficient (Wildman–Crippen LogP) is 4.94. The lowest BCUT2D eigenvalue weighted by Crippen LogP contribution is -2.03. The third-order valence-corrected chi connectivity index (χ3v) is 4.87. The Hall–Kier alpha value is -1.13. The Balaban J connectivity index is 2.00. The summed E-state index contributed by atoms with van der Waals surface area (Å²) in [5, 5.41) is 0.847. The number of rotatable bonds is 5. The van der Waals surface area contributed by atoms with Gasteiger partial charge in [-0.2, -0.15) is 0 Å². The number of aromatic nitrogens is 1. The molecule has 0 radical (unpaired) electrons. The Bertz CT molecular complexity index is 596. The van der Waals surface area contributed by atoms with Crippen molar-refractivity contribution in [3.05, 3.63) is 58.2 Å². The molecule has 0 spiro atoms. The van der Waals surface area contributed by atoms with Crippen LogP contribution in [0.2, 0.25) is 0 Å². The number of benzene rings is 1. The molecular formula is C16H16BrNOS. The lowest BCUT2D eigenvalue weighted by molar-refractivity contribution is 0.102. The number of nitrogens with zero attached hydrogens (tertiary/aromatic N) is 1. The van der Waals surface area contributed by atoms with Crippen molar-refractivity contribution in [3.63, 3.8) is 0 Å². The van der Waals surface area contributed by atoms with E-state index in [1.807, 2.05) is 36.4 Å². The van der Waals surface area contributed by atoms with Gasteiger partial charge in [-0.25, -0.2) is 4.98 Å². The third kappa shape index (κ3) is 3.93. The average molecular weight is 350 g/mol. The average Bonchev–Trinajstić information content (AvgIpc) is 2.46. The van der Waals surface area contributed by atoms with Crippen LogP contribution in [0.15, 0.2) is 52.1 Å². The van der Waals surface area contributed by atoms with E-state index < -0.39 is 0 Å². The zero-order valence-electron chi connectivity index (χ0n) is 11.5. The molecule has 0 bridgehead atoms. The maximum Gasteiger partial charge on any atom is 0.173 e. The van der Waals surface area contributed by atoms with Crippen molar-refractivity contribution in [2.45, 2.75) is 24.8 Å². The second-order valence-electron chi connectivity index (χ2n) is 4.78. The fourth-order valence-electron chi connectivity index (χ4n) is 1.75. The van der Waals surface area contributed by atoms with Crippen LogP contribution in [-0.4, -0.2) is 16.5 Å². The number of halogens is 1. The van der Waals surface area contributed by atoms with Gasteiger partial charge in [0.1, 0.15) is 5.03 Å². The van der Waals surface area contributed by atoms with Crippen LogP contribution in [0.4, 0.5) is 0 Å². The smallest absolute Gasteiger partial charge is 0.173 e. The summed E-state index contributed by atoms with van der Waals surface area (Å²) in [6, 6.07) is 11.7. The standard InChI is InChI=1S/C16H16BrNOS/c1-11(2)12-5-7-13(8-6-12)15(19)10-20-16-14(17)4-3-9-18-16/h3-9,11H,10H2,1-2H3. The van der Waals surface area contributed by atoms with Gasteiger partial charge in [0.25, 0.3) is 0 Å². The van der Waals surface area contributed by atoms with E-state index in [0.717, 1.165) is 15.1 Å². The fourth-order valence-corrected chi connectivity index (χ4v) is 3.12. The molecular weight excluding hydrogens is 334 g/mol. The molecule has 1 heterocycles. The highest BCUT2D eigenvalue weighted by atomic mass is 79.9. The normalized spacial score (nSPS) is 10.8. The van der Waals surface area contributed by atoms with Crippen LogP contribution in [-0.2, 0) is 0 Å². The molecule has 1 aromatic heterocycles. The van der Waals surface area contributed by atoms with Gasteiger partial charge in [0, 0.05) is 16.2 Å². The summed E-state index contributed by atoms with van der Waals surface area (Å²) < 4.78 is 0.924. The molecule has 2 nitrogen and oxygen atoms in total. The van der Waals surface area contributed by atoms with Crippen LogP contribution < -0.4 is 0 Å². The van der Waals surface area contributed by atoms with E-state index in [-0.39, 0.29) is 5.78 Å². The van der Waals surface area contributed by atoms with Crippen LogP contribution in [0.25, 0.3) is 0 Å². The van der Waals surface area contributed by atoms with Crippen molar-refractivity contribution in [2.24, 2.45) is 0 Å². The van der Waals surface area contributed by atoms with E-state index >= 15 is 0 Å². The minimum absolute atomic E-state index is 0.128. The maximum atomic E-state index is 12.1. The molecule has 104 valence electrons. The summed E-state index contributed by atoms with van der Waals surface area (Å²) in [4.78, 5) is 16.4. The van der Waals surface area contributed by atoms with Crippen molar-refractivity contribution in [3.8, 4) is 0 Å². The molecule has 0 fully saturated rings. The Morgan fingerprint density at radius 2 is 1.95 bits per heavy atom. The second kappa shape index (κ2) is 7.04. The third-order valence-electron chi connectivity index (χ3n) is 2.96. The Kier molecular flexibility index (Phi) is 5.38. The molecule has 20 heavy (non-hydrogen) atoms. The lowest BCUT2D eigenvalue weighted by Gasteiger charge is -2.06. The Morgan fingerprint density at radius 3 is 2.55 bits per heavy atom. The molecule has 2 aromatic rings. The minimum Gasteiger partial charge on any atom is -0.293 e. The van der Waals surface area contributed by atoms with Gasteiger partial charge in [-0.15, -0.1) is 0 Å². The number of ketones is 1. The molecule has 0 saturated carbocycles. The largest absolute Gasteiger partial charge is 0.293 e. The SMILES string of the molecule is CC(C)c1ccc(C(=O)CSc2ncccc2Br)cc1. The number of thioether (sulfide) groups is 1. The summed E-state index contributed by atoms with van der Waals surface area (Å²) in [7, 11) is 0. The van der Waals surface area contributed by atoms with E-state index in [1.54, 1.807) is 6.20 Å². The topological polar surface area (TPSA) is 30.0 Å². The Labute approximate surface area is 132 Å². The lowest BCUT2D eigenvalue weighted by atomic mass is 10.0. The first kappa shape index (κ1) is 15.3. The van der Waals surface area contributed by atoms with Crippen LogP contribution in [0.3, 0.4) is 0 Å². The van der Waals surface area contributed by atoms with Gasteiger partial charge in [-0.1, -0.05) is 49.9 Å². The van der Waals surface area contributed by atoms with Gasteiger partial charge in [-0.3, -0.25) is 4.79 Å². The molecule has 0 N–H and O–H groups in total.